The van der Waals surface area contributed by atoms with E-state index >= 15 is 0 Å². The van der Waals surface area contributed by atoms with E-state index in [0.29, 0.717) is 18.8 Å². The van der Waals surface area contributed by atoms with Crippen LogP contribution in [0.3, 0.4) is 0 Å². The smallest absolute Gasteiger partial charge is 0.436 e. The van der Waals surface area contributed by atoms with Gasteiger partial charge < -0.3 is 4.74 Å². The van der Waals surface area contributed by atoms with E-state index in [0.717, 1.165) is 35.9 Å². The van der Waals surface area contributed by atoms with Gasteiger partial charge in [0.1, 0.15) is 22.6 Å². The average molecular weight is 500 g/mol. The van der Waals surface area contributed by atoms with Crippen LogP contribution in [0.15, 0.2) is 23.2 Å². The standard InChI is InChI=1S/C21H24F3N5O4S/c1-12(2)19(30)28-34(31,32)15-7-8-17(26-11-15)29-20(33-14-6-4-5-13(3)9-14)16(10-25)18(27-29)21(22,23)24/h7-8,11-14H,4-6,9H2,1-3H3,(H,28,30). The van der Waals surface area contributed by atoms with Crippen molar-refractivity contribution in [2.45, 2.75) is 63.6 Å². The van der Waals surface area contributed by atoms with E-state index in [1.165, 1.54) is 19.9 Å². The van der Waals surface area contributed by atoms with Gasteiger partial charge in [0, 0.05) is 12.1 Å². The molecule has 2 aromatic rings. The van der Waals surface area contributed by atoms with Crippen LogP contribution in [0.5, 0.6) is 5.88 Å². The Morgan fingerprint density at radius 1 is 1.32 bits per heavy atom. The lowest BCUT2D eigenvalue weighted by atomic mass is 9.89. The largest absolute Gasteiger partial charge is 0.473 e. The number of carbonyl (C=O) groups is 1. The van der Waals surface area contributed by atoms with Crippen molar-refractivity contribution in [3.05, 3.63) is 29.6 Å². The predicted octanol–water partition coefficient (Wildman–Crippen LogP) is 3.58. The number of aromatic nitrogens is 3. The molecule has 1 aliphatic carbocycles. The van der Waals surface area contributed by atoms with Gasteiger partial charge in [-0.2, -0.15) is 28.2 Å². The van der Waals surface area contributed by atoms with Crippen molar-refractivity contribution >= 4 is 15.9 Å². The Balaban J connectivity index is 2.02. The molecule has 1 amide bonds. The lowest BCUT2D eigenvalue weighted by molar-refractivity contribution is -0.141. The summed E-state index contributed by atoms with van der Waals surface area (Å²) < 4.78 is 74.0. The maximum atomic E-state index is 13.6. The van der Waals surface area contributed by atoms with E-state index in [1.807, 2.05) is 11.6 Å². The van der Waals surface area contributed by atoms with Gasteiger partial charge in [-0.1, -0.05) is 27.2 Å². The van der Waals surface area contributed by atoms with E-state index in [9.17, 15) is 31.6 Å². The normalized spacial score (nSPS) is 19.0. The highest BCUT2D eigenvalue weighted by atomic mass is 32.2. The number of ether oxygens (including phenoxy) is 1. The van der Waals surface area contributed by atoms with Gasteiger partial charge in [0.05, 0.1) is 0 Å². The number of hydrogen-bond acceptors (Lipinski definition) is 7. The molecule has 0 radical (unpaired) electrons. The van der Waals surface area contributed by atoms with Gasteiger partial charge in [0.15, 0.2) is 11.5 Å². The molecule has 1 fully saturated rings. The number of rotatable bonds is 6. The first-order valence-electron chi connectivity index (χ1n) is 10.6. The van der Waals surface area contributed by atoms with Crippen molar-refractivity contribution in [1.82, 2.24) is 19.5 Å². The van der Waals surface area contributed by atoms with Crippen molar-refractivity contribution in [1.29, 1.82) is 5.26 Å². The Morgan fingerprint density at radius 3 is 2.56 bits per heavy atom. The molecular weight excluding hydrogens is 475 g/mol. The van der Waals surface area contributed by atoms with Gasteiger partial charge in [-0.05, 0) is 37.3 Å². The molecule has 0 aliphatic heterocycles. The van der Waals surface area contributed by atoms with Gasteiger partial charge in [-0.15, -0.1) is 0 Å². The van der Waals surface area contributed by atoms with Crippen LogP contribution in [-0.2, 0) is 21.0 Å². The average Bonchev–Trinajstić information content (AvgIpc) is 3.12. The number of sulfonamides is 1. The molecule has 0 aromatic carbocycles. The fraction of sp³-hybridized carbons (Fsp3) is 0.524. The van der Waals surface area contributed by atoms with E-state index in [-0.39, 0.29) is 10.7 Å². The maximum absolute atomic E-state index is 13.6. The number of pyridine rings is 1. The third-order valence-corrected chi connectivity index (χ3v) is 6.73. The topological polar surface area (TPSA) is 127 Å². The van der Waals surface area contributed by atoms with Crippen LogP contribution in [0.1, 0.15) is 57.7 Å². The monoisotopic (exact) mass is 499 g/mol. The lowest BCUT2D eigenvalue weighted by Gasteiger charge is -2.27. The summed E-state index contributed by atoms with van der Waals surface area (Å²) in [5, 5.41) is 13.0. The third kappa shape index (κ3) is 5.49. The molecule has 13 heteroatoms. The molecule has 2 unspecified atom stereocenters. The van der Waals surface area contributed by atoms with Crippen molar-refractivity contribution in [2.75, 3.05) is 0 Å². The highest BCUT2D eigenvalue weighted by molar-refractivity contribution is 7.90. The van der Waals surface area contributed by atoms with Gasteiger partial charge in [-0.3, -0.25) is 4.79 Å². The minimum Gasteiger partial charge on any atom is -0.473 e. The summed E-state index contributed by atoms with van der Waals surface area (Å²) >= 11 is 0. The molecule has 9 nitrogen and oxygen atoms in total. The van der Waals surface area contributed by atoms with Gasteiger partial charge >= 0.3 is 6.18 Å². The van der Waals surface area contributed by atoms with Crippen LogP contribution in [0.4, 0.5) is 13.2 Å². The quantitative estimate of drug-likeness (QED) is 0.644. The molecular formula is C21H24F3N5O4S. The molecule has 0 bridgehead atoms. The Morgan fingerprint density at radius 2 is 2.03 bits per heavy atom. The molecule has 34 heavy (non-hydrogen) atoms. The summed E-state index contributed by atoms with van der Waals surface area (Å²) in [5.74, 6) is -1.57. The van der Waals surface area contributed by atoms with Gasteiger partial charge in [-0.25, -0.2) is 18.1 Å². The van der Waals surface area contributed by atoms with Crippen molar-refractivity contribution in [3.63, 3.8) is 0 Å². The van der Waals surface area contributed by atoms with E-state index in [4.69, 9.17) is 4.74 Å². The molecule has 184 valence electrons. The third-order valence-electron chi connectivity index (χ3n) is 5.40. The second-order valence-electron chi connectivity index (χ2n) is 8.54. The van der Waals surface area contributed by atoms with Crippen molar-refractivity contribution in [2.24, 2.45) is 11.8 Å². The summed E-state index contributed by atoms with van der Waals surface area (Å²) in [6.45, 7) is 5.05. The zero-order valence-corrected chi connectivity index (χ0v) is 19.6. The first-order valence-corrected chi connectivity index (χ1v) is 12.1. The van der Waals surface area contributed by atoms with E-state index in [1.54, 1.807) is 0 Å². The van der Waals surface area contributed by atoms with E-state index < -0.39 is 51.3 Å². The second kappa shape index (κ2) is 9.61. The maximum Gasteiger partial charge on any atom is 0.436 e. The van der Waals surface area contributed by atoms with Crippen LogP contribution < -0.4 is 9.46 Å². The number of nitriles is 1. The number of hydrogen-bond donors (Lipinski definition) is 1. The summed E-state index contributed by atoms with van der Waals surface area (Å²) in [4.78, 5) is 15.3. The highest BCUT2D eigenvalue weighted by Crippen LogP contribution is 2.38. The molecule has 3 rings (SSSR count). The van der Waals surface area contributed by atoms with Crippen LogP contribution in [0.25, 0.3) is 5.82 Å². The molecule has 0 spiro atoms. The highest BCUT2D eigenvalue weighted by Gasteiger charge is 2.41. The first-order chi connectivity index (χ1) is 15.8. The molecule has 2 atom stereocenters. The summed E-state index contributed by atoms with van der Waals surface area (Å²) in [6, 6.07) is 3.73. The molecule has 2 aromatic heterocycles. The number of amides is 1. The molecule has 0 saturated heterocycles. The molecule has 2 heterocycles. The number of alkyl halides is 3. The summed E-state index contributed by atoms with van der Waals surface area (Å²) in [6.07, 6.45) is -1.40. The summed E-state index contributed by atoms with van der Waals surface area (Å²) in [5.41, 5.74) is -2.19. The Labute approximate surface area is 195 Å². The fourth-order valence-electron chi connectivity index (χ4n) is 3.58. The van der Waals surface area contributed by atoms with Gasteiger partial charge in [0.25, 0.3) is 10.0 Å². The Bertz CT molecular complexity index is 1200. The number of carbonyl (C=O) groups excluding carboxylic acids is 1. The van der Waals surface area contributed by atoms with Crippen LogP contribution >= 0.6 is 0 Å². The molecule has 1 N–H and O–H groups in total. The Hall–Kier alpha value is -3.14. The van der Waals surface area contributed by atoms with Crippen molar-refractivity contribution < 1.29 is 31.1 Å². The fourth-order valence-corrected chi connectivity index (χ4v) is 4.63. The number of halogens is 3. The van der Waals surface area contributed by atoms with E-state index in [2.05, 4.69) is 10.1 Å². The van der Waals surface area contributed by atoms with Crippen molar-refractivity contribution in [3.8, 4) is 17.8 Å². The molecule has 1 saturated carbocycles. The lowest BCUT2D eigenvalue weighted by Crippen LogP contribution is -2.33. The summed E-state index contributed by atoms with van der Waals surface area (Å²) in [7, 11) is -4.23. The van der Waals surface area contributed by atoms with Crippen LogP contribution in [0.2, 0.25) is 0 Å². The zero-order valence-electron chi connectivity index (χ0n) is 18.8. The van der Waals surface area contributed by atoms with Gasteiger partial charge in [0.2, 0.25) is 11.8 Å². The minimum atomic E-state index is -4.92. The van der Waals surface area contributed by atoms with Crippen LogP contribution in [0, 0.1) is 23.2 Å². The Kier molecular flexibility index (Phi) is 7.21. The number of nitrogens with one attached hydrogen (secondary N) is 1. The predicted molar refractivity (Wildman–Crippen MR) is 113 cm³/mol. The van der Waals surface area contributed by atoms with Crippen LogP contribution in [-0.4, -0.2) is 35.2 Å². The first kappa shape index (κ1) is 25.5. The SMILES string of the molecule is CC1CCCC(Oc2c(C#N)c(C(F)(F)F)nn2-c2ccc(S(=O)(=O)NC(=O)C(C)C)cn2)C1. The molecule has 1 aliphatic rings. The number of nitrogens with zero attached hydrogens (tertiary/aromatic N) is 4. The zero-order chi connectivity index (χ0) is 25.3. The second-order valence-corrected chi connectivity index (χ2v) is 10.2. The minimum absolute atomic E-state index is 0.181.